The van der Waals surface area contributed by atoms with Gasteiger partial charge in [-0.25, -0.2) is 4.79 Å². The van der Waals surface area contributed by atoms with E-state index >= 15 is 0 Å². The molecule has 0 unspecified atom stereocenters. The van der Waals surface area contributed by atoms with Gasteiger partial charge in [-0.05, 0) is 30.7 Å². The van der Waals surface area contributed by atoms with E-state index in [2.05, 4.69) is 12.2 Å². The minimum Gasteiger partial charge on any atom is -0.478 e. The van der Waals surface area contributed by atoms with Crippen LogP contribution in [-0.4, -0.2) is 23.5 Å². The van der Waals surface area contributed by atoms with Crippen LogP contribution in [0.2, 0.25) is 0 Å². The number of nitrogens with one attached hydrogen (secondary N) is 1. The topological polar surface area (TPSA) is 66.4 Å². The molecule has 0 fully saturated rings. The highest BCUT2D eigenvalue weighted by atomic mass is 16.4. The van der Waals surface area contributed by atoms with Crippen LogP contribution in [0.1, 0.15) is 66.2 Å². The van der Waals surface area contributed by atoms with Crippen LogP contribution in [0, 0.1) is 0 Å². The van der Waals surface area contributed by atoms with Gasteiger partial charge in [0.15, 0.2) is 0 Å². The third-order valence-corrected chi connectivity index (χ3v) is 3.21. The molecule has 0 spiro atoms. The minimum atomic E-state index is -0.982. The quantitative estimate of drug-likeness (QED) is 0.679. The molecule has 0 aliphatic heterocycles. The standard InChI is InChI=1S/C16H23NO3/c1-2-3-4-5-6-7-12-17-15(18)13-8-10-14(11-9-13)16(19)20/h8-11H,2-7,12H2,1H3,(H,17,18)(H,19,20). The molecule has 0 aliphatic rings. The van der Waals surface area contributed by atoms with E-state index in [1.165, 1.54) is 37.8 Å². The van der Waals surface area contributed by atoms with E-state index in [1.807, 2.05) is 0 Å². The van der Waals surface area contributed by atoms with Gasteiger partial charge < -0.3 is 10.4 Å². The van der Waals surface area contributed by atoms with Crippen LogP contribution in [0.15, 0.2) is 24.3 Å². The lowest BCUT2D eigenvalue weighted by Gasteiger charge is -2.05. The van der Waals surface area contributed by atoms with Gasteiger partial charge in [-0.3, -0.25) is 4.79 Å². The number of unbranched alkanes of at least 4 members (excludes halogenated alkanes) is 5. The number of hydrogen-bond acceptors (Lipinski definition) is 2. The molecule has 1 rings (SSSR count). The predicted molar refractivity (Wildman–Crippen MR) is 79.1 cm³/mol. The number of aromatic carboxylic acids is 1. The van der Waals surface area contributed by atoms with Crippen molar-refractivity contribution in [1.82, 2.24) is 5.32 Å². The van der Waals surface area contributed by atoms with E-state index in [4.69, 9.17) is 5.11 Å². The summed E-state index contributed by atoms with van der Waals surface area (Å²) in [6, 6.07) is 5.98. The normalized spacial score (nSPS) is 10.2. The summed E-state index contributed by atoms with van der Waals surface area (Å²) < 4.78 is 0. The molecule has 0 heterocycles. The van der Waals surface area contributed by atoms with Crippen molar-refractivity contribution in [2.75, 3.05) is 6.54 Å². The largest absolute Gasteiger partial charge is 0.478 e. The maximum Gasteiger partial charge on any atom is 0.335 e. The number of carbonyl (C=O) groups is 2. The van der Waals surface area contributed by atoms with Crippen LogP contribution in [0.5, 0.6) is 0 Å². The van der Waals surface area contributed by atoms with Gasteiger partial charge >= 0.3 is 5.97 Å². The number of benzene rings is 1. The van der Waals surface area contributed by atoms with Gasteiger partial charge in [-0.15, -0.1) is 0 Å². The number of rotatable bonds is 9. The Bertz CT molecular complexity index is 426. The zero-order chi connectivity index (χ0) is 14.8. The highest BCUT2D eigenvalue weighted by Crippen LogP contribution is 2.06. The number of carboxylic acid groups (broad SMARTS) is 1. The molecular formula is C16H23NO3. The van der Waals surface area contributed by atoms with Gasteiger partial charge in [-0.2, -0.15) is 0 Å². The van der Waals surface area contributed by atoms with Crippen molar-refractivity contribution in [2.45, 2.75) is 45.4 Å². The Morgan fingerprint density at radius 2 is 1.50 bits per heavy atom. The zero-order valence-electron chi connectivity index (χ0n) is 12.0. The molecule has 0 aromatic heterocycles. The van der Waals surface area contributed by atoms with E-state index in [0.717, 1.165) is 12.8 Å². The van der Waals surface area contributed by atoms with E-state index in [1.54, 1.807) is 12.1 Å². The van der Waals surface area contributed by atoms with Gasteiger partial charge in [0.05, 0.1) is 5.56 Å². The third-order valence-electron chi connectivity index (χ3n) is 3.21. The van der Waals surface area contributed by atoms with E-state index < -0.39 is 5.97 Å². The fraction of sp³-hybridized carbons (Fsp3) is 0.500. The van der Waals surface area contributed by atoms with Crippen molar-refractivity contribution < 1.29 is 14.7 Å². The molecular weight excluding hydrogens is 254 g/mol. The highest BCUT2D eigenvalue weighted by molar-refractivity contribution is 5.95. The lowest BCUT2D eigenvalue weighted by Crippen LogP contribution is -2.24. The average Bonchev–Trinajstić information content (AvgIpc) is 2.46. The third kappa shape index (κ3) is 5.87. The molecule has 4 nitrogen and oxygen atoms in total. The number of hydrogen-bond donors (Lipinski definition) is 2. The monoisotopic (exact) mass is 277 g/mol. The summed E-state index contributed by atoms with van der Waals surface area (Å²) in [6.07, 6.45) is 7.13. The first-order chi connectivity index (χ1) is 9.65. The maximum absolute atomic E-state index is 11.8. The number of carbonyl (C=O) groups excluding carboxylic acids is 1. The van der Waals surface area contributed by atoms with Crippen LogP contribution < -0.4 is 5.32 Å². The molecule has 0 aliphatic carbocycles. The maximum atomic E-state index is 11.8. The second kappa shape index (κ2) is 9.13. The molecule has 0 radical (unpaired) electrons. The second-order valence-corrected chi connectivity index (χ2v) is 4.91. The first-order valence-corrected chi connectivity index (χ1v) is 7.26. The smallest absolute Gasteiger partial charge is 0.335 e. The van der Waals surface area contributed by atoms with Crippen LogP contribution >= 0.6 is 0 Å². The molecule has 1 aromatic rings. The van der Waals surface area contributed by atoms with Crippen molar-refractivity contribution in [3.63, 3.8) is 0 Å². The SMILES string of the molecule is CCCCCCCCNC(=O)c1ccc(C(=O)O)cc1. The molecule has 1 amide bonds. The Kier molecular flexibility index (Phi) is 7.40. The predicted octanol–water partition coefficient (Wildman–Crippen LogP) is 3.48. The Labute approximate surface area is 120 Å². The van der Waals surface area contributed by atoms with Crippen molar-refractivity contribution in [1.29, 1.82) is 0 Å². The molecule has 2 N–H and O–H groups in total. The molecule has 0 saturated heterocycles. The summed E-state index contributed by atoms with van der Waals surface area (Å²) in [7, 11) is 0. The second-order valence-electron chi connectivity index (χ2n) is 4.91. The average molecular weight is 277 g/mol. The van der Waals surface area contributed by atoms with Crippen molar-refractivity contribution >= 4 is 11.9 Å². The van der Waals surface area contributed by atoms with Crippen LogP contribution in [0.3, 0.4) is 0 Å². The van der Waals surface area contributed by atoms with E-state index in [0.29, 0.717) is 12.1 Å². The van der Waals surface area contributed by atoms with Gasteiger partial charge in [0.1, 0.15) is 0 Å². The van der Waals surface area contributed by atoms with Gasteiger partial charge in [0.2, 0.25) is 0 Å². The first-order valence-electron chi connectivity index (χ1n) is 7.26. The van der Waals surface area contributed by atoms with Crippen LogP contribution in [0.25, 0.3) is 0 Å². The molecule has 0 saturated carbocycles. The van der Waals surface area contributed by atoms with Crippen molar-refractivity contribution in [3.05, 3.63) is 35.4 Å². The first kappa shape index (κ1) is 16.2. The lowest BCUT2D eigenvalue weighted by molar-refractivity contribution is 0.0696. The Balaban J connectivity index is 2.24. The fourth-order valence-electron chi connectivity index (χ4n) is 1.97. The molecule has 20 heavy (non-hydrogen) atoms. The lowest BCUT2D eigenvalue weighted by atomic mass is 10.1. The van der Waals surface area contributed by atoms with E-state index in [-0.39, 0.29) is 11.5 Å². The summed E-state index contributed by atoms with van der Waals surface area (Å²) >= 11 is 0. The summed E-state index contributed by atoms with van der Waals surface area (Å²) in [5.41, 5.74) is 0.693. The molecule has 110 valence electrons. The van der Waals surface area contributed by atoms with Gasteiger partial charge in [0.25, 0.3) is 5.91 Å². The van der Waals surface area contributed by atoms with Gasteiger partial charge in [0, 0.05) is 12.1 Å². The Hall–Kier alpha value is -1.84. The van der Waals surface area contributed by atoms with Crippen LogP contribution in [0.4, 0.5) is 0 Å². The van der Waals surface area contributed by atoms with Crippen molar-refractivity contribution in [2.24, 2.45) is 0 Å². The van der Waals surface area contributed by atoms with Gasteiger partial charge in [-0.1, -0.05) is 39.0 Å². The Morgan fingerprint density at radius 3 is 2.10 bits per heavy atom. The molecule has 4 heteroatoms. The summed E-state index contributed by atoms with van der Waals surface area (Å²) in [5.74, 6) is -1.13. The number of carboxylic acids is 1. The van der Waals surface area contributed by atoms with Crippen molar-refractivity contribution in [3.8, 4) is 0 Å². The Morgan fingerprint density at radius 1 is 0.950 bits per heavy atom. The van der Waals surface area contributed by atoms with E-state index in [9.17, 15) is 9.59 Å². The minimum absolute atomic E-state index is 0.143. The molecule has 1 aromatic carbocycles. The van der Waals surface area contributed by atoms with Crippen LogP contribution in [-0.2, 0) is 0 Å². The number of amides is 1. The molecule has 0 atom stereocenters. The summed E-state index contributed by atoms with van der Waals surface area (Å²) in [6.45, 7) is 2.86. The molecule has 0 bridgehead atoms. The fourth-order valence-corrected chi connectivity index (χ4v) is 1.97. The zero-order valence-corrected chi connectivity index (χ0v) is 12.0. The highest BCUT2D eigenvalue weighted by Gasteiger charge is 2.06. The summed E-state index contributed by atoms with van der Waals surface area (Å²) in [5, 5.41) is 11.6. The summed E-state index contributed by atoms with van der Waals surface area (Å²) in [4.78, 5) is 22.5.